The van der Waals surface area contributed by atoms with Gasteiger partial charge < -0.3 is 0 Å². The van der Waals surface area contributed by atoms with E-state index >= 15 is 0 Å². The van der Waals surface area contributed by atoms with Crippen LogP contribution in [0.5, 0.6) is 0 Å². The predicted molar refractivity (Wildman–Crippen MR) is 66.2 cm³/mol. The fraction of sp³-hybridized carbons (Fsp3) is 0.143. The number of hydroxylamine groups is 1. The summed E-state index contributed by atoms with van der Waals surface area (Å²) in [6.45, 7) is 0.0816. The first-order chi connectivity index (χ1) is 8.95. The molecule has 0 aromatic heterocycles. The lowest BCUT2D eigenvalue weighted by molar-refractivity contribution is -0.412. The van der Waals surface area contributed by atoms with Crippen LogP contribution < -0.4 is 5.06 Å². The van der Waals surface area contributed by atoms with Crippen LogP contribution in [0, 0.1) is 0 Å². The summed E-state index contributed by atoms with van der Waals surface area (Å²) < 4.78 is 0. The smallest absolute Gasteiger partial charge is 0.214 e. The minimum atomic E-state index is -0.401. The van der Waals surface area contributed by atoms with Crippen LogP contribution in [0.15, 0.2) is 60.7 Å². The fourth-order valence-electron chi connectivity index (χ4n) is 1.87. The number of anilines is 1. The SMILES string of the molecule is c1ccc(C2OOCON2c2ccccc2)cc1. The van der Waals surface area contributed by atoms with Gasteiger partial charge in [-0.15, -0.1) is 0 Å². The molecule has 0 bridgehead atoms. The summed E-state index contributed by atoms with van der Waals surface area (Å²) in [5.41, 5.74) is 1.90. The molecule has 0 saturated carbocycles. The minimum Gasteiger partial charge on any atom is -0.239 e. The van der Waals surface area contributed by atoms with Crippen molar-refractivity contribution in [3.63, 3.8) is 0 Å². The van der Waals surface area contributed by atoms with Gasteiger partial charge in [0, 0.05) is 5.56 Å². The Kier molecular flexibility index (Phi) is 3.23. The van der Waals surface area contributed by atoms with E-state index in [2.05, 4.69) is 0 Å². The molecule has 3 rings (SSSR count). The number of benzene rings is 2. The first-order valence-corrected chi connectivity index (χ1v) is 5.75. The van der Waals surface area contributed by atoms with E-state index in [1.807, 2.05) is 60.7 Å². The number of nitrogens with zero attached hydrogens (tertiary/aromatic N) is 1. The minimum absolute atomic E-state index is 0.0816. The van der Waals surface area contributed by atoms with Crippen LogP contribution >= 0.6 is 0 Å². The third-order valence-electron chi connectivity index (χ3n) is 2.71. The van der Waals surface area contributed by atoms with Gasteiger partial charge in [0.1, 0.15) is 0 Å². The zero-order chi connectivity index (χ0) is 12.2. The summed E-state index contributed by atoms with van der Waals surface area (Å²) in [5, 5.41) is 1.71. The molecular weight excluding hydrogens is 230 g/mol. The van der Waals surface area contributed by atoms with Gasteiger partial charge in [-0.2, -0.15) is 0 Å². The standard InChI is InChI=1S/C14H13NO3/c1-3-7-12(8-4-1)14-15(16-11-17-18-14)13-9-5-2-6-10-13/h1-10,14H,11H2. The third-order valence-corrected chi connectivity index (χ3v) is 2.71. The van der Waals surface area contributed by atoms with Gasteiger partial charge in [0.15, 0.2) is 0 Å². The predicted octanol–water partition coefficient (Wildman–Crippen LogP) is 3.04. The zero-order valence-corrected chi connectivity index (χ0v) is 9.73. The Morgan fingerprint density at radius 2 is 1.56 bits per heavy atom. The molecule has 0 aliphatic carbocycles. The van der Waals surface area contributed by atoms with Crippen LogP contribution in [-0.4, -0.2) is 6.79 Å². The Hall–Kier alpha value is -1.88. The molecule has 4 heteroatoms. The van der Waals surface area contributed by atoms with Crippen molar-refractivity contribution in [3.05, 3.63) is 66.2 Å². The molecule has 1 aliphatic rings. The van der Waals surface area contributed by atoms with E-state index < -0.39 is 6.23 Å². The lowest BCUT2D eigenvalue weighted by Gasteiger charge is -2.34. The monoisotopic (exact) mass is 243 g/mol. The van der Waals surface area contributed by atoms with Gasteiger partial charge in [0.2, 0.25) is 13.0 Å². The summed E-state index contributed by atoms with van der Waals surface area (Å²) in [6, 6.07) is 19.6. The normalized spacial score (nSPS) is 19.8. The van der Waals surface area contributed by atoms with Gasteiger partial charge in [0.25, 0.3) is 0 Å². The lowest BCUT2D eigenvalue weighted by atomic mass is 10.2. The van der Waals surface area contributed by atoms with Crippen molar-refractivity contribution in [2.24, 2.45) is 0 Å². The van der Waals surface area contributed by atoms with Crippen LogP contribution in [0.1, 0.15) is 11.8 Å². The van der Waals surface area contributed by atoms with Crippen molar-refractivity contribution in [3.8, 4) is 0 Å². The summed E-state index contributed by atoms with van der Waals surface area (Å²) in [4.78, 5) is 15.8. The molecular formula is C14H13NO3. The Bertz CT molecular complexity index is 441. The molecule has 1 atom stereocenters. The molecule has 1 saturated heterocycles. The average molecular weight is 243 g/mol. The van der Waals surface area contributed by atoms with Crippen molar-refractivity contribution >= 4 is 5.69 Å². The van der Waals surface area contributed by atoms with Gasteiger partial charge in [-0.25, -0.2) is 19.7 Å². The second-order valence-electron chi connectivity index (χ2n) is 3.89. The maximum absolute atomic E-state index is 5.52. The number of para-hydroxylation sites is 1. The van der Waals surface area contributed by atoms with E-state index in [-0.39, 0.29) is 6.79 Å². The first-order valence-electron chi connectivity index (χ1n) is 5.75. The van der Waals surface area contributed by atoms with E-state index in [1.165, 1.54) is 0 Å². The number of hydrogen-bond acceptors (Lipinski definition) is 4. The van der Waals surface area contributed by atoms with E-state index in [1.54, 1.807) is 5.06 Å². The van der Waals surface area contributed by atoms with Crippen LogP contribution in [0.2, 0.25) is 0 Å². The van der Waals surface area contributed by atoms with Gasteiger partial charge in [-0.3, -0.25) is 0 Å². The largest absolute Gasteiger partial charge is 0.239 e. The van der Waals surface area contributed by atoms with Crippen LogP contribution in [0.4, 0.5) is 5.69 Å². The van der Waals surface area contributed by atoms with E-state index in [9.17, 15) is 0 Å². The van der Waals surface area contributed by atoms with Crippen LogP contribution in [-0.2, 0) is 14.6 Å². The van der Waals surface area contributed by atoms with Crippen molar-refractivity contribution in [2.45, 2.75) is 6.23 Å². The summed E-state index contributed by atoms with van der Waals surface area (Å²) in [6.07, 6.45) is -0.401. The molecule has 2 aromatic carbocycles. The summed E-state index contributed by atoms with van der Waals surface area (Å²) in [5.74, 6) is 0. The molecule has 0 amide bonds. The maximum atomic E-state index is 5.52. The molecule has 18 heavy (non-hydrogen) atoms. The summed E-state index contributed by atoms with van der Waals surface area (Å²) in [7, 11) is 0. The fourth-order valence-corrected chi connectivity index (χ4v) is 1.87. The quantitative estimate of drug-likeness (QED) is 0.758. The molecule has 0 spiro atoms. The zero-order valence-electron chi connectivity index (χ0n) is 9.73. The number of rotatable bonds is 2. The summed E-state index contributed by atoms with van der Waals surface area (Å²) >= 11 is 0. The topological polar surface area (TPSA) is 30.9 Å². The van der Waals surface area contributed by atoms with Crippen molar-refractivity contribution in [1.29, 1.82) is 0 Å². The third kappa shape index (κ3) is 2.22. The Morgan fingerprint density at radius 1 is 0.889 bits per heavy atom. The average Bonchev–Trinajstić information content (AvgIpc) is 2.49. The number of hydrogen-bond donors (Lipinski definition) is 0. The highest BCUT2D eigenvalue weighted by atomic mass is 17.3. The molecule has 1 heterocycles. The molecule has 1 fully saturated rings. The molecule has 2 aromatic rings. The van der Waals surface area contributed by atoms with Crippen molar-refractivity contribution in [1.82, 2.24) is 0 Å². The second-order valence-corrected chi connectivity index (χ2v) is 3.89. The molecule has 1 aliphatic heterocycles. The lowest BCUT2D eigenvalue weighted by Crippen LogP contribution is -2.36. The Morgan fingerprint density at radius 3 is 2.28 bits per heavy atom. The van der Waals surface area contributed by atoms with E-state index in [0.717, 1.165) is 11.3 Å². The van der Waals surface area contributed by atoms with Crippen molar-refractivity contribution < 1.29 is 14.6 Å². The second kappa shape index (κ2) is 5.18. The van der Waals surface area contributed by atoms with Gasteiger partial charge in [-0.05, 0) is 12.1 Å². The van der Waals surface area contributed by atoms with Gasteiger partial charge in [0.05, 0.1) is 5.69 Å². The van der Waals surface area contributed by atoms with Gasteiger partial charge in [-0.1, -0.05) is 48.5 Å². The van der Waals surface area contributed by atoms with Gasteiger partial charge >= 0.3 is 0 Å². The van der Waals surface area contributed by atoms with Crippen molar-refractivity contribution in [2.75, 3.05) is 11.9 Å². The Labute approximate surface area is 105 Å². The van der Waals surface area contributed by atoms with Crippen LogP contribution in [0.3, 0.4) is 0 Å². The molecule has 4 nitrogen and oxygen atoms in total. The van der Waals surface area contributed by atoms with Crippen LogP contribution in [0.25, 0.3) is 0 Å². The highest BCUT2D eigenvalue weighted by Crippen LogP contribution is 2.30. The first kappa shape index (κ1) is 11.2. The maximum Gasteiger partial charge on any atom is 0.214 e. The highest BCUT2D eigenvalue weighted by molar-refractivity contribution is 5.45. The molecule has 0 radical (unpaired) electrons. The molecule has 1 unspecified atom stereocenters. The Balaban J connectivity index is 1.92. The van der Waals surface area contributed by atoms with E-state index in [4.69, 9.17) is 14.6 Å². The van der Waals surface area contributed by atoms with E-state index in [0.29, 0.717) is 0 Å². The molecule has 92 valence electrons. The highest BCUT2D eigenvalue weighted by Gasteiger charge is 2.27. The molecule has 0 N–H and O–H groups in total.